The standard InChI is InChI=1S/C15H11N3O2/c19-13-6-7-15(20)12(8-13)9-18-10-14(16-17-18)11-4-2-1-3-5-11/h1-8,10H,9H2. The molecule has 0 aliphatic heterocycles. The normalized spacial score (nSPS) is 14.5. The topological polar surface area (TPSA) is 64.8 Å². The van der Waals surface area contributed by atoms with Crippen molar-refractivity contribution in [3.8, 4) is 11.3 Å². The van der Waals surface area contributed by atoms with Crippen molar-refractivity contribution >= 4 is 11.6 Å². The molecule has 0 bridgehead atoms. The maximum Gasteiger partial charge on any atom is 0.183 e. The summed E-state index contributed by atoms with van der Waals surface area (Å²) >= 11 is 0. The zero-order valence-corrected chi connectivity index (χ0v) is 10.6. The Bertz CT molecular complexity index is 727. The molecule has 0 fully saturated rings. The van der Waals surface area contributed by atoms with Gasteiger partial charge in [-0.25, -0.2) is 4.68 Å². The summed E-state index contributed by atoms with van der Waals surface area (Å²) in [4.78, 5) is 22.9. The average Bonchev–Trinajstić information content (AvgIpc) is 2.92. The van der Waals surface area contributed by atoms with E-state index in [1.54, 1.807) is 10.9 Å². The van der Waals surface area contributed by atoms with Crippen molar-refractivity contribution in [2.45, 2.75) is 6.54 Å². The van der Waals surface area contributed by atoms with Gasteiger partial charge in [0.05, 0.1) is 12.7 Å². The fraction of sp³-hybridized carbons (Fsp3) is 0.0667. The van der Waals surface area contributed by atoms with E-state index in [1.165, 1.54) is 18.2 Å². The minimum absolute atomic E-state index is 0.165. The molecular formula is C15H11N3O2. The first kappa shape index (κ1) is 12.2. The molecule has 20 heavy (non-hydrogen) atoms. The lowest BCUT2D eigenvalue weighted by Crippen LogP contribution is -2.13. The van der Waals surface area contributed by atoms with Crippen molar-refractivity contribution < 1.29 is 9.59 Å². The molecule has 3 rings (SSSR count). The first-order valence-corrected chi connectivity index (χ1v) is 6.15. The molecule has 0 atom stereocenters. The zero-order chi connectivity index (χ0) is 13.9. The molecule has 1 heterocycles. The van der Waals surface area contributed by atoms with Crippen LogP contribution in [0.1, 0.15) is 0 Å². The van der Waals surface area contributed by atoms with Crippen molar-refractivity contribution in [3.05, 3.63) is 60.3 Å². The fourth-order valence-electron chi connectivity index (χ4n) is 1.97. The van der Waals surface area contributed by atoms with Crippen LogP contribution in [0.4, 0.5) is 0 Å². The largest absolute Gasteiger partial charge is 0.290 e. The highest BCUT2D eigenvalue weighted by molar-refractivity contribution is 6.17. The predicted octanol–water partition coefficient (Wildman–Crippen LogP) is 1.58. The quantitative estimate of drug-likeness (QED) is 0.790. The van der Waals surface area contributed by atoms with Gasteiger partial charge in [-0.2, -0.15) is 0 Å². The summed E-state index contributed by atoms with van der Waals surface area (Å²) in [6, 6.07) is 9.64. The molecule has 0 amide bonds. The third kappa shape index (κ3) is 2.47. The number of aromatic nitrogens is 3. The van der Waals surface area contributed by atoms with Crippen LogP contribution in [0.15, 0.2) is 60.3 Å². The number of hydrogen-bond acceptors (Lipinski definition) is 4. The van der Waals surface area contributed by atoms with E-state index in [2.05, 4.69) is 10.3 Å². The van der Waals surface area contributed by atoms with Crippen LogP contribution in [0.25, 0.3) is 11.3 Å². The van der Waals surface area contributed by atoms with E-state index in [0.717, 1.165) is 11.3 Å². The molecule has 2 aromatic rings. The van der Waals surface area contributed by atoms with Gasteiger partial charge in [-0.15, -0.1) is 5.10 Å². The molecule has 5 heteroatoms. The lowest BCUT2D eigenvalue weighted by Gasteiger charge is -2.05. The summed E-state index contributed by atoms with van der Waals surface area (Å²) in [6.45, 7) is 0.245. The summed E-state index contributed by atoms with van der Waals surface area (Å²) in [7, 11) is 0. The highest BCUT2D eigenvalue weighted by atomic mass is 16.1. The van der Waals surface area contributed by atoms with Crippen molar-refractivity contribution in [1.29, 1.82) is 0 Å². The molecular weight excluding hydrogens is 254 g/mol. The van der Waals surface area contributed by atoms with E-state index in [-0.39, 0.29) is 18.1 Å². The third-order valence-electron chi connectivity index (χ3n) is 2.97. The Balaban J connectivity index is 1.82. The Morgan fingerprint density at radius 1 is 1.05 bits per heavy atom. The van der Waals surface area contributed by atoms with Gasteiger partial charge in [0.1, 0.15) is 5.69 Å². The second kappa shape index (κ2) is 5.05. The van der Waals surface area contributed by atoms with Crippen LogP contribution in [-0.4, -0.2) is 26.6 Å². The second-order valence-corrected chi connectivity index (χ2v) is 4.44. The van der Waals surface area contributed by atoms with E-state index in [1.807, 2.05) is 30.3 Å². The lowest BCUT2D eigenvalue weighted by atomic mass is 10.0. The lowest BCUT2D eigenvalue weighted by molar-refractivity contribution is -0.114. The minimum atomic E-state index is -0.178. The van der Waals surface area contributed by atoms with Crippen molar-refractivity contribution in [3.63, 3.8) is 0 Å². The van der Waals surface area contributed by atoms with E-state index in [4.69, 9.17) is 0 Å². The van der Waals surface area contributed by atoms with Crippen LogP contribution in [0.5, 0.6) is 0 Å². The monoisotopic (exact) mass is 265 g/mol. The molecule has 0 unspecified atom stereocenters. The van der Waals surface area contributed by atoms with Gasteiger partial charge in [0.2, 0.25) is 0 Å². The molecule has 1 aliphatic rings. The molecule has 0 radical (unpaired) electrons. The maximum atomic E-state index is 11.7. The van der Waals surface area contributed by atoms with Crippen molar-refractivity contribution in [1.82, 2.24) is 15.0 Å². The van der Waals surface area contributed by atoms with E-state index in [9.17, 15) is 9.59 Å². The molecule has 98 valence electrons. The van der Waals surface area contributed by atoms with Crippen LogP contribution >= 0.6 is 0 Å². The average molecular weight is 265 g/mol. The molecule has 0 saturated carbocycles. The van der Waals surface area contributed by atoms with Gasteiger partial charge in [0.25, 0.3) is 0 Å². The van der Waals surface area contributed by atoms with Gasteiger partial charge < -0.3 is 0 Å². The summed E-state index contributed by atoms with van der Waals surface area (Å²) < 4.78 is 1.55. The molecule has 0 saturated heterocycles. The molecule has 1 aromatic carbocycles. The number of rotatable bonds is 3. The Morgan fingerprint density at radius 2 is 1.85 bits per heavy atom. The van der Waals surface area contributed by atoms with Gasteiger partial charge in [-0.05, 0) is 18.2 Å². The van der Waals surface area contributed by atoms with E-state index in [0.29, 0.717) is 5.57 Å². The molecule has 1 aliphatic carbocycles. The molecule has 0 N–H and O–H groups in total. The van der Waals surface area contributed by atoms with Crippen LogP contribution in [0, 0.1) is 0 Å². The summed E-state index contributed by atoms with van der Waals surface area (Å²) in [5.41, 5.74) is 2.11. The Hall–Kier alpha value is -2.82. The highest BCUT2D eigenvalue weighted by Gasteiger charge is 2.14. The second-order valence-electron chi connectivity index (χ2n) is 4.44. The van der Waals surface area contributed by atoms with Gasteiger partial charge in [0.15, 0.2) is 11.6 Å². The van der Waals surface area contributed by atoms with Crippen molar-refractivity contribution in [2.75, 3.05) is 0 Å². The van der Waals surface area contributed by atoms with Gasteiger partial charge >= 0.3 is 0 Å². The van der Waals surface area contributed by atoms with Gasteiger partial charge in [-0.1, -0.05) is 35.5 Å². The van der Waals surface area contributed by atoms with Gasteiger partial charge in [-0.3, -0.25) is 9.59 Å². The van der Waals surface area contributed by atoms with E-state index < -0.39 is 0 Å². The Labute approximate surface area is 115 Å². The van der Waals surface area contributed by atoms with Crippen LogP contribution < -0.4 is 0 Å². The Kier molecular flexibility index (Phi) is 3.09. The first-order chi connectivity index (χ1) is 9.72. The molecule has 1 aromatic heterocycles. The number of hydrogen-bond donors (Lipinski definition) is 0. The summed E-state index contributed by atoms with van der Waals surface area (Å²) in [5.74, 6) is -0.343. The molecule has 5 nitrogen and oxygen atoms in total. The SMILES string of the molecule is O=C1C=CC(=O)C(Cn2cc(-c3ccccc3)nn2)=C1. The van der Waals surface area contributed by atoms with Crippen LogP contribution in [0.3, 0.4) is 0 Å². The predicted molar refractivity (Wildman–Crippen MR) is 72.7 cm³/mol. The van der Waals surface area contributed by atoms with Crippen LogP contribution in [-0.2, 0) is 16.1 Å². The van der Waals surface area contributed by atoms with Gasteiger partial charge in [0, 0.05) is 11.1 Å². The number of allylic oxidation sites excluding steroid dienone is 4. The Morgan fingerprint density at radius 3 is 2.65 bits per heavy atom. The third-order valence-corrected chi connectivity index (χ3v) is 2.97. The first-order valence-electron chi connectivity index (χ1n) is 6.15. The zero-order valence-electron chi connectivity index (χ0n) is 10.6. The number of carbonyl (C=O) groups excluding carboxylic acids is 2. The highest BCUT2D eigenvalue weighted by Crippen LogP contribution is 2.16. The smallest absolute Gasteiger partial charge is 0.183 e. The number of ketones is 2. The van der Waals surface area contributed by atoms with E-state index >= 15 is 0 Å². The minimum Gasteiger partial charge on any atom is -0.290 e. The molecule has 0 spiro atoms. The summed E-state index contributed by atoms with van der Waals surface area (Å²) in [6.07, 6.45) is 5.65. The number of carbonyl (C=O) groups is 2. The maximum absolute atomic E-state index is 11.7. The number of benzene rings is 1. The fourth-order valence-corrected chi connectivity index (χ4v) is 1.97. The number of nitrogens with zero attached hydrogens (tertiary/aromatic N) is 3. The van der Waals surface area contributed by atoms with Crippen molar-refractivity contribution in [2.24, 2.45) is 0 Å². The van der Waals surface area contributed by atoms with Crippen LogP contribution in [0.2, 0.25) is 0 Å². The summed E-state index contributed by atoms with van der Waals surface area (Å²) in [5, 5.41) is 8.05.